The minimum Gasteiger partial charge on any atom is -0.459 e. The highest BCUT2D eigenvalue weighted by molar-refractivity contribution is 5.89. The molecule has 0 amide bonds. The number of ether oxygens (including phenoxy) is 10. The first-order valence-electron chi connectivity index (χ1n) is 23.0. The van der Waals surface area contributed by atoms with Crippen molar-refractivity contribution in [3.63, 3.8) is 0 Å². The summed E-state index contributed by atoms with van der Waals surface area (Å²) in [4.78, 5) is 59.4. The monoisotopic (exact) mass is 927 g/mol. The molecule has 4 saturated heterocycles. The number of methoxy groups -OCH3 is 1. The van der Waals surface area contributed by atoms with Crippen molar-refractivity contribution in [2.45, 2.75) is 200 Å². The lowest BCUT2D eigenvalue weighted by molar-refractivity contribution is -0.321. The fraction of sp³-hybridized carbons (Fsp3) is 0.851. The summed E-state index contributed by atoms with van der Waals surface area (Å²) >= 11 is 0. The van der Waals surface area contributed by atoms with Crippen LogP contribution >= 0.6 is 0 Å². The van der Waals surface area contributed by atoms with Crippen LogP contribution in [0.1, 0.15) is 116 Å². The molecule has 1 N–H and O–H groups in total. The predicted octanol–water partition coefficient (Wildman–Crippen LogP) is 4.90. The Labute approximate surface area is 385 Å². The van der Waals surface area contributed by atoms with Gasteiger partial charge in [-0.05, 0) is 80.5 Å². The van der Waals surface area contributed by atoms with E-state index in [1.165, 1.54) is 27.9 Å². The van der Waals surface area contributed by atoms with Gasteiger partial charge in [-0.15, -0.1) is 0 Å². The summed E-state index contributed by atoms with van der Waals surface area (Å²) < 4.78 is 64.8. The van der Waals surface area contributed by atoms with Gasteiger partial charge in [-0.1, -0.05) is 39.4 Å². The second-order valence-corrected chi connectivity index (χ2v) is 19.6. The molecule has 18 atom stereocenters. The van der Waals surface area contributed by atoms with E-state index >= 15 is 0 Å². The number of aliphatic hydroxyl groups is 1. The van der Waals surface area contributed by atoms with Crippen LogP contribution in [-0.4, -0.2) is 158 Å². The third kappa shape index (κ3) is 12.9. The van der Waals surface area contributed by atoms with Crippen molar-refractivity contribution >= 4 is 29.6 Å². The average Bonchev–Trinajstić information content (AvgIpc) is 3.22. The maximum atomic E-state index is 14.8. The van der Waals surface area contributed by atoms with Crippen molar-refractivity contribution in [2.24, 2.45) is 28.8 Å². The summed E-state index contributed by atoms with van der Waals surface area (Å²) in [5, 5.41) is 17.0. The fourth-order valence-electron chi connectivity index (χ4n) is 10.3. The Bertz CT molecular complexity index is 1710. The minimum absolute atomic E-state index is 0.0220. The molecule has 65 heavy (non-hydrogen) atoms. The normalized spacial score (nSPS) is 43.1. The van der Waals surface area contributed by atoms with E-state index in [4.69, 9.17) is 52.2 Å². The number of rotatable bonds is 10. The van der Waals surface area contributed by atoms with E-state index in [0.717, 1.165) is 0 Å². The molecule has 18 nitrogen and oxygen atoms in total. The molecule has 4 heterocycles. The van der Waals surface area contributed by atoms with E-state index in [2.05, 4.69) is 11.7 Å². The first-order chi connectivity index (χ1) is 30.2. The van der Waals surface area contributed by atoms with Gasteiger partial charge in [0, 0.05) is 52.1 Å². The highest BCUT2D eigenvalue weighted by Crippen LogP contribution is 2.44. The van der Waals surface area contributed by atoms with Crippen LogP contribution < -0.4 is 0 Å². The third-order valence-corrected chi connectivity index (χ3v) is 13.7. The first-order valence-corrected chi connectivity index (χ1v) is 23.0. The maximum absolute atomic E-state index is 14.8. The van der Waals surface area contributed by atoms with Crippen LogP contribution in [-0.2, 0) is 71.4 Å². The first kappa shape index (κ1) is 54.5. The van der Waals surface area contributed by atoms with E-state index in [1.807, 2.05) is 53.6 Å². The van der Waals surface area contributed by atoms with Crippen LogP contribution in [0, 0.1) is 23.7 Å². The Hall–Kier alpha value is -3.07. The van der Waals surface area contributed by atoms with Gasteiger partial charge >= 0.3 is 23.9 Å². The molecule has 0 saturated carbocycles. The van der Waals surface area contributed by atoms with Gasteiger partial charge in [-0.25, -0.2) is 4.79 Å². The molecule has 4 rings (SSSR count). The second kappa shape index (κ2) is 22.4. The summed E-state index contributed by atoms with van der Waals surface area (Å²) in [5.41, 5.74) is -3.33. The molecule has 18 heteroatoms. The number of carbonyl (C=O) groups excluding carboxylic acids is 4. The Morgan fingerprint density at radius 1 is 0.877 bits per heavy atom. The number of cyclic esters (lactones) is 1. The lowest BCUT2D eigenvalue weighted by Crippen LogP contribution is -2.62. The number of carbonyl (C=O) groups is 4. The summed E-state index contributed by atoms with van der Waals surface area (Å²) in [6.07, 6.45) is -8.20. The number of esters is 3. The molecule has 0 radical (unpaired) electrons. The van der Waals surface area contributed by atoms with Crippen molar-refractivity contribution in [2.75, 3.05) is 34.4 Å². The maximum Gasteiger partial charge on any atom is 0.331 e. The van der Waals surface area contributed by atoms with E-state index in [0.29, 0.717) is 17.7 Å². The highest BCUT2D eigenvalue weighted by atomic mass is 16.7. The second-order valence-electron chi connectivity index (χ2n) is 19.6. The fourth-order valence-corrected chi connectivity index (χ4v) is 10.3. The van der Waals surface area contributed by atoms with Crippen LogP contribution in [0.3, 0.4) is 0 Å². The molecule has 0 aromatic carbocycles. The van der Waals surface area contributed by atoms with Gasteiger partial charge in [0.15, 0.2) is 24.8 Å². The average molecular weight is 927 g/mol. The standard InChI is InChI=1S/C47H78N2O16/c1-18-35-47(14,54)41-27(5)37(48-65-33(11)52)25(3)20-46(13,57-23-24(2)22-56-41)40(64-44-39(60-31(9)50)34(49(15)16)19-26(4)58-44)28(6)38(29(7)43(53)62-35)63-36-21-45(12,55-17)42(30(8)59-36)61-32(10)51/h25-30,34-36,38-42,44,54H,2,18-23H2,1,3-17H3/t25-,26-,27+,28-,29-,30-,34+,35-,36-,38+,39-,40-,41-,42-,44+,45+,46-,47-/m1/s1. The van der Waals surface area contributed by atoms with Gasteiger partial charge in [-0.3, -0.25) is 14.4 Å². The smallest absolute Gasteiger partial charge is 0.331 e. The van der Waals surface area contributed by atoms with Gasteiger partial charge in [0.05, 0.1) is 67.0 Å². The van der Waals surface area contributed by atoms with E-state index < -0.39 is 120 Å². The number of likely N-dealkylation sites (N-methyl/N-ethyl adjacent to an activating group) is 1. The molecule has 0 aromatic heterocycles. The Balaban J connectivity index is 2.03. The van der Waals surface area contributed by atoms with E-state index in [9.17, 15) is 24.3 Å². The molecule has 4 aliphatic heterocycles. The summed E-state index contributed by atoms with van der Waals surface area (Å²) in [6, 6.07) is -0.312. The largest absolute Gasteiger partial charge is 0.459 e. The van der Waals surface area contributed by atoms with Crippen molar-refractivity contribution in [1.29, 1.82) is 0 Å². The number of hydrogen-bond acceptors (Lipinski definition) is 18. The van der Waals surface area contributed by atoms with Crippen LogP contribution in [0.15, 0.2) is 17.3 Å². The topological polar surface area (TPSA) is 206 Å². The van der Waals surface area contributed by atoms with Crippen LogP contribution in [0.5, 0.6) is 0 Å². The molecule has 0 aromatic rings. The molecule has 0 aliphatic carbocycles. The summed E-state index contributed by atoms with van der Waals surface area (Å²) in [6.45, 7) is 26.1. The quantitative estimate of drug-likeness (QED) is 0.102. The van der Waals surface area contributed by atoms with Crippen molar-refractivity contribution in [3.8, 4) is 0 Å². The molecular weight excluding hydrogens is 849 g/mol. The predicted molar refractivity (Wildman–Crippen MR) is 236 cm³/mol. The van der Waals surface area contributed by atoms with Crippen molar-refractivity contribution in [3.05, 3.63) is 12.2 Å². The zero-order valence-corrected chi connectivity index (χ0v) is 41.6. The molecule has 0 spiro atoms. The molecule has 0 unspecified atom stereocenters. The molecule has 4 fully saturated rings. The Kier molecular flexibility index (Phi) is 18.8. The Morgan fingerprint density at radius 3 is 2.09 bits per heavy atom. The van der Waals surface area contributed by atoms with Gasteiger partial charge in [0.1, 0.15) is 17.3 Å². The van der Waals surface area contributed by atoms with Gasteiger partial charge < -0.3 is 62.2 Å². The van der Waals surface area contributed by atoms with Crippen LogP contribution in [0.4, 0.5) is 0 Å². The number of fused-ring (bicyclic) bond motifs is 5. The van der Waals surface area contributed by atoms with Crippen molar-refractivity contribution in [1.82, 2.24) is 4.90 Å². The molecule has 4 aliphatic rings. The van der Waals surface area contributed by atoms with Gasteiger partial charge in [-0.2, -0.15) is 0 Å². The lowest BCUT2D eigenvalue weighted by Gasteiger charge is -2.50. The molecule has 372 valence electrons. The highest BCUT2D eigenvalue weighted by Gasteiger charge is 2.56. The molecular formula is C47H78N2O16. The van der Waals surface area contributed by atoms with Crippen LogP contribution in [0.25, 0.3) is 0 Å². The van der Waals surface area contributed by atoms with Crippen molar-refractivity contribution < 1.29 is 76.5 Å². The lowest BCUT2D eigenvalue weighted by atomic mass is 9.73. The number of nitrogens with zero attached hydrogens (tertiary/aromatic N) is 2. The molecule has 2 bridgehead atoms. The van der Waals surface area contributed by atoms with Crippen LogP contribution in [0.2, 0.25) is 0 Å². The number of oxime groups is 1. The Morgan fingerprint density at radius 2 is 1.52 bits per heavy atom. The number of hydrogen-bond donors (Lipinski definition) is 1. The zero-order chi connectivity index (χ0) is 48.9. The SMILES string of the molecule is C=C1CO[C@@H]2[C@@H](C)C(=NOC(C)=O)[C@H](C)C[C@@](C)(OC1)[C@H](O[C@@H]1O[C@H](C)C[C@H](N(C)C)[C@H]1OC(C)=O)[C@H](C)[C@H](O[C@@H]1C[C@](C)(OC)[C@H](OC(C)=O)[C@@H](C)O1)[C@@H](C)C(=O)O[C@H](CC)[C@@]2(C)O. The zero-order valence-electron chi connectivity index (χ0n) is 41.6. The van der Waals surface area contributed by atoms with E-state index in [1.54, 1.807) is 34.6 Å². The van der Waals surface area contributed by atoms with Gasteiger partial charge in [0.25, 0.3) is 0 Å². The third-order valence-electron chi connectivity index (χ3n) is 13.7. The minimum atomic E-state index is -1.83. The van der Waals surface area contributed by atoms with E-state index in [-0.39, 0.29) is 44.6 Å². The van der Waals surface area contributed by atoms with Gasteiger partial charge in [0.2, 0.25) is 0 Å². The summed E-state index contributed by atoms with van der Waals surface area (Å²) in [7, 11) is 5.31. The summed E-state index contributed by atoms with van der Waals surface area (Å²) in [5.74, 6) is -5.49.